The van der Waals surface area contributed by atoms with Crippen molar-refractivity contribution in [2.75, 3.05) is 4.90 Å². The van der Waals surface area contributed by atoms with Crippen LogP contribution in [0.15, 0.2) is 184 Å². The largest absolute Gasteiger partial charge is 0.456 e. The molecule has 3 heterocycles. The Labute approximate surface area is 298 Å². The highest BCUT2D eigenvalue weighted by molar-refractivity contribution is 7.99. The maximum absolute atomic E-state index is 6.06. The predicted molar refractivity (Wildman–Crippen MR) is 208 cm³/mol. The maximum Gasteiger partial charge on any atom is 0.164 e. The van der Waals surface area contributed by atoms with Gasteiger partial charge < -0.3 is 9.32 Å². The minimum absolute atomic E-state index is 0.627. The molecule has 0 spiro atoms. The number of aromatic nitrogens is 3. The molecule has 0 radical (unpaired) electrons. The molecule has 1 aliphatic heterocycles. The standard InChI is InChI=1S/C45H28N4OS/c1-2-10-30(11-3-1)43-46-44(31-20-18-29(19-21-31)33-24-27-40-36(28-33)35-12-4-7-15-39(35)50-40)48-45(47-43)32-22-25-34(26-23-32)49-37-13-5-8-16-41(37)51-42-17-9-6-14-38(42)49/h1-28H. The summed E-state index contributed by atoms with van der Waals surface area (Å²) in [7, 11) is 0. The van der Waals surface area contributed by atoms with E-state index in [4.69, 9.17) is 19.4 Å². The summed E-state index contributed by atoms with van der Waals surface area (Å²) in [6.45, 7) is 0. The number of hydrogen-bond acceptors (Lipinski definition) is 6. The average molecular weight is 673 g/mol. The second kappa shape index (κ2) is 12.1. The second-order valence-corrected chi connectivity index (χ2v) is 13.6. The molecule has 240 valence electrons. The monoisotopic (exact) mass is 672 g/mol. The Bertz CT molecular complexity index is 2680. The molecule has 0 saturated heterocycles. The highest BCUT2D eigenvalue weighted by Gasteiger charge is 2.24. The van der Waals surface area contributed by atoms with Crippen molar-refractivity contribution in [2.24, 2.45) is 0 Å². The minimum Gasteiger partial charge on any atom is -0.456 e. The molecule has 7 aromatic carbocycles. The molecule has 51 heavy (non-hydrogen) atoms. The topological polar surface area (TPSA) is 55.1 Å². The third-order valence-electron chi connectivity index (χ3n) is 9.34. The van der Waals surface area contributed by atoms with E-state index >= 15 is 0 Å². The van der Waals surface area contributed by atoms with Crippen LogP contribution in [0.4, 0.5) is 17.1 Å². The number of anilines is 3. The number of rotatable bonds is 5. The number of nitrogens with zero attached hydrogens (tertiary/aromatic N) is 4. The van der Waals surface area contributed by atoms with Crippen molar-refractivity contribution in [1.82, 2.24) is 15.0 Å². The molecule has 2 aromatic heterocycles. The van der Waals surface area contributed by atoms with Crippen LogP contribution in [0.1, 0.15) is 0 Å². The molecule has 6 heteroatoms. The van der Waals surface area contributed by atoms with Crippen LogP contribution in [-0.2, 0) is 0 Å². The Morgan fingerprint density at radius 2 is 0.882 bits per heavy atom. The summed E-state index contributed by atoms with van der Waals surface area (Å²) in [5.41, 5.74) is 10.2. The van der Waals surface area contributed by atoms with Crippen LogP contribution in [0, 0.1) is 0 Å². The van der Waals surface area contributed by atoms with Crippen LogP contribution in [-0.4, -0.2) is 15.0 Å². The molecule has 1 aliphatic rings. The van der Waals surface area contributed by atoms with Gasteiger partial charge in [-0.25, -0.2) is 15.0 Å². The molecule has 0 aliphatic carbocycles. The Kier molecular flexibility index (Phi) is 6.99. The fourth-order valence-corrected chi connectivity index (χ4v) is 7.87. The van der Waals surface area contributed by atoms with Crippen LogP contribution >= 0.6 is 11.8 Å². The molecule has 0 unspecified atom stereocenters. The van der Waals surface area contributed by atoms with Crippen molar-refractivity contribution in [2.45, 2.75) is 9.79 Å². The summed E-state index contributed by atoms with van der Waals surface area (Å²) in [5.74, 6) is 1.89. The van der Waals surface area contributed by atoms with Gasteiger partial charge >= 0.3 is 0 Å². The summed E-state index contributed by atoms with van der Waals surface area (Å²) in [4.78, 5) is 19.8. The van der Waals surface area contributed by atoms with E-state index in [0.717, 1.165) is 55.4 Å². The summed E-state index contributed by atoms with van der Waals surface area (Å²) in [6.07, 6.45) is 0. The maximum atomic E-state index is 6.06. The van der Waals surface area contributed by atoms with Gasteiger partial charge in [-0.2, -0.15) is 0 Å². The lowest BCUT2D eigenvalue weighted by Crippen LogP contribution is -2.14. The number of hydrogen-bond donors (Lipinski definition) is 0. The molecule has 0 bridgehead atoms. The van der Waals surface area contributed by atoms with Gasteiger partial charge in [0.1, 0.15) is 11.2 Å². The zero-order valence-corrected chi connectivity index (χ0v) is 28.1. The fourth-order valence-electron chi connectivity index (χ4n) is 6.81. The molecule has 0 N–H and O–H groups in total. The van der Waals surface area contributed by atoms with Gasteiger partial charge in [0.15, 0.2) is 17.5 Å². The van der Waals surface area contributed by atoms with E-state index in [1.165, 1.54) is 21.2 Å². The van der Waals surface area contributed by atoms with Crippen LogP contribution in [0.25, 0.3) is 67.2 Å². The highest BCUT2D eigenvalue weighted by Crippen LogP contribution is 2.51. The van der Waals surface area contributed by atoms with Gasteiger partial charge in [0.05, 0.1) is 11.4 Å². The molecule has 10 rings (SSSR count). The molecular weight excluding hydrogens is 645 g/mol. The van der Waals surface area contributed by atoms with Crippen molar-refractivity contribution in [3.8, 4) is 45.3 Å². The van der Waals surface area contributed by atoms with Gasteiger partial charge in [-0.05, 0) is 77.9 Å². The van der Waals surface area contributed by atoms with E-state index in [0.29, 0.717) is 17.5 Å². The highest BCUT2D eigenvalue weighted by atomic mass is 32.2. The van der Waals surface area contributed by atoms with Crippen LogP contribution in [0.5, 0.6) is 0 Å². The van der Waals surface area contributed by atoms with Crippen LogP contribution in [0.2, 0.25) is 0 Å². The van der Waals surface area contributed by atoms with Crippen molar-refractivity contribution in [1.29, 1.82) is 0 Å². The summed E-state index contributed by atoms with van der Waals surface area (Å²) in [5, 5.41) is 2.23. The van der Waals surface area contributed by atoms with E-state index in [1.807, 2.05) is 60.3 Å². The summed E-state index contributed by atoms with van der Waals surface area (Å²) in [6, 6.07) is 58.7. The van der Waals surface area contributed by atoms with Gasteiger partial charge in [-0.1, -0.05) is 115 Å². The van der Waals surface area contributed by atoms with Crippen molar-refractivity contribution in [3.63, 3.8) is 0 Å². The quantitative estimate of drug-likeness (QED) is 0.181. The van der Waals surface area contributed by atoms with Crippen molar-refractivity contribution >= 4 is 50.8 Å². The number of para-hydroxylation sites is 3. The molecule has 0 fully saturated rings. The number of fused-ring (bicyclic) bond motifs is 5. The van der Waals surface area contributed by atoms with Crippen molar-refractivity contribution in [3.05, 3.63) is 170 Å². The Morgan fingerprint density at radius 3 is 1.55 bits per heavy atom. The first kappa shape index (κ1) is 29.4. The van der Waals surface area contributed by atoms with Gasteiger partial charge in [-0.3, -0.25) is 0 Å². The van der Waals surface area contributed by atoms with Gasteiger partial charge in [-0.15, -0.1) is 0 Å². The molecular formula is C45H28N4OS. The molecule has 0 amide bonds. The summed E-state index contributed by atoms with van der Waals surface area (Å²) >= 11 is 1.81. The zero-order valence-electron chi connectivity index (χ0n) is 27.3. The molecule has 5 nitrogen and oxygen atoms in total. The zero-order chi connectivity index (χ0) is 33.7. The third kappa shape index (κ3) is 5.25. The average Bonchev–Trinajstić information content (AvgIpc) is 3.58. The van der Waals surface area contributed by atoms with E-state index in [1.54, 1.807) is 0 Å². The first-order valence-corrected chi connectivity index (χ1v) is 17.7. The summed E-state index contributed by atoms with van der Waals surface area (Å²) < 4.78 is 6.06. The van der Waals surface area contributed by atoms with Gasteiger partial charge in [0.25, 0.3) is 0 Å². The SMILES string of the molecule is c1ccc(-c2nc(-c3ccc(-c4ccc5oc6ccccc6c5c4)cc3)nc(-c3ccc(N4c5ccccc5Sc5ccccc54)cc3)n2)cc1. The van der Waals surface area contributed by atoms with Crippen LogP contribution in [0.3, 0.4) is 0 Å². The Morgan fingerprint density at radius 1 is 0.392 bits per heavy atom. The Balaban J connectivity index is 1.02. The van der Waals surface area contributed by atoms with Gasteiger partial charge in [0, 0.05) is 42.9 Å². The predicted octanol–water partition coefficient (Wildman–Crippen LogP) is 12.4. The first-order valence-electron chi connectivity index (χ1n) is 16.9. The smallest absolute Gasteiger partial charge is 0.164 e. The molecule has 0 saturated carbocycles. The third-order valence-corrected chi connectivity index (χ3v) is 10.5. The normalized spacial score (nSPS) is 12.2. The molecule has 0 atom stereocenters. The lowest BCUT2D eigenvalue weighted by atomic mass is 10.0. The van der Waals surface area contributed by atoms with E-state index in [9.17, 15) is 0 Å². The second-order valence-electron chi connectivity index (χ2n) is 12.5. The number of benzene rings is 7. The van der Waals surface area contributed by atoms with Crippen LogP contribution < -0.4 is 4.90 Å². The van der Waals surface area contributed by atoms with E-state index < -0.39 is 0 Å². The fraction of sp³-hybridized carbons (Fsp3) is 0. The lowest BCUT2D eigenvalue weighted by Gasteiger charge is -2.32. The number of furan rings is 1. The molecule has 9 aromatic rings. The minimum atomic E-state index is 0.627. The Hall–Kier alpha value is -6.50. The van der Waals surface area contributed by atoms with E-state index in [-0.39, 0.29) is 0 Å². The first-order chi connectivity index (χ1) is 25.2. The van der Waals surface area contributed by atoms with E-state index in [2.05, 4.69) is 126 Å². The lowest BCUT2D eigenvalue weighted by molar-refractivity contribution is 0.669. The van der Waals surface area contributed by atoms with Crippen molar-refractivity contribution < 1.29 is 4.42 Å². The van der Waals surface area contributed by atoms with Gasteiger partial charge in [0.2, 0.25) is 0 Å².